The molecule has 0 aliphatic heterocycles. The number of halogens is 3. The zero-order valence-corrected chi connectivity index (χ0v) is 16.9. The molecule has 0 radical (unpaired) electrons. The highest BCUT2D eigenvalue weighted by atomic mass is 79.9. The van der Waals surface area contributed by atoms with Crippen LogP contribution in [-0.4, -0.2) is 39.4 Å². The Labute approximate surface area is 161 Å². The highest BCUT2D eigenvalue weighted by Gasteiger charge is 2.11. The molecule has 2 aromatic rings. The number of hydrogen-bond donors (Lipinski definition) is 0. The number of thioether (sulfide) groups is 2. The van der Waals surface area contributed by atoms with E-state index >= 15 is 0 Å². The Kier molecular flexibility index (Phi) is 9.23. The molecule has 9 heteroatoms. The number of carbonyl (C=O) groups is 2. The lowest BCUT2D eigenvalue weighted by molar-refractivity contribution is 0.100. The van der Waals surface area contributed by atoms with Crippen LogP contribution in [0.2, 0.25) is 0 Å². The van der Waals surface area contributed by atoms with Gasteiger partial charge in [0.05, 0.1) is 26.5 Å². The van der Waals surface area contributed by atoms with Gasteiger partial charge in [-0.3, -0.25) is 9.59 Å². The second-order valence-electron chi connectivity index (χ2n) is 4.50. The topological polar surface area (TPSA) is 59.9 Å². The fraction of sp³-hybridized carbons (Fsp3) is 0.250. The van der Waals surface area contributed by atoms with E-state index in [0.717, 1.165) is 0 Å². The minimum absolute atomic E-state index is 0.0367. The fourth-order valence-corrected chi connectivity index (χ4v) is 2.66. The van der Waals surface area contributed by atoms with E-state index in [-0.39, 0.29) is 28.0 Å². The number of ketones is 2. The molecule has 0 spiro atoms. The van der Waals surface area contributed by atoms with Crippen molar-refractivity contribution in [1.82, 2.24) is 9.97 Å². The lowest BCUT2D eigenvalue weighted by Crippen LogP contribution is -2.05. The first kappa shape index (κ1) is 21.7. The molecular formula is C16H15BrF2N2O2S2. The molecule has 0 saturated heterocycles. The summed E-state index contributed by atoms with van der Waals surface area (Å²) in [5, 5.41) is 1.27. The standard InChI is InChI=1S/C8H7BrFNOS.C8H8FNOS/c1-13-7-3-2-5(6(12)4-9)8(10)11-7;1-5(11)6-3-4-7(12-2)10-8(6)9/h2-3H,4H2,1H3;3-4H,1-2H3. The van der Waals surface area contributed by atoms with Gasteiger partial charge >= 0.3 is 0 Å². The van der Waals surface area contributed by atoms with Crippen molar-refractivity contribution in [2.24, 2.45) is 0 Å². The van der Waals surface area contributed by atoms with Crippen LogP contribution < -0.4 is 0 Å². The Morgan fingerprint density at radius 3 is 1.72 bits per heavy atom. The lowest BCUT2D eigenvalue weighted by atomic mass is 10.2. The number of carbonyl (C=O) groups excluding carboxylic acids is 2. The molecule has 0 fully saturated rings. The predicted molar refractivity (Wildman–Crippen MR) is 100 cm³/mol. The van der Waals surface area contributed by atoms with Crippen LogP contribution >= 0.6 is 39.5 Å². The van der Waals surface area contributed by atoms with Crippen molar-refractivity contribution in [3.05, 3.63) is 47.3 Å². The molecule has 0 aromatic carbocycles. The van der Waals surface area contributed by atoms with Gasteiger partial charge in [0.2, 0.25) is 11.9 Å². The molecule has 0 saturated carbocycles. The molecule has 2 heterocycles. The van der Waals surface area contributed by atoms with Crippen LogP contribution in [0.15, 0.2) is 34.3 Å². The number of aromatic nitrogens is 2. The SMILES string of the molecule is CSc1ccc(C(=O)CBr)c(F)n1.CSc1ccc(C(C)=O)c(F)n1. The first-order valence-electron chi connectivity index (χ1n) is 6.85. The molecule has 0 atom stereocenters. The van der Waals surface area contributed by atoms with Crippen LogP contribution in [0.25, 0.3) is 0 Å². The summed E-state index contributed by atoms with van der Waals surface area (Å²) in [5.41, 5.74) is 0.0856. The highest BCUT2D eigenvalue weighted by Crippen LogP contribution is 2.15. The second kappa shape index (κ2) is 10.6. The third kappa shape index (κ3) is 6.48. The maximum Gasteiger partial charge on any atom is 0.224 e. The smallest absolute Gasteiger partial charge is 0.224 e. The van der Waals surface area contributed by atoms with Gasteiger partial charge in [-0.25, -0.2) is 9.97 Å². The first-order chi connectivity index (χ1) is 11.8. The quantitative estimate of drug-likeness (QED) is 0.286. The van der Waals surface area contributed by atoms with E-state index < -0.39 is 11.9 Å². The number of Topliss-reactive ketones (excluding diaryl/α,β-unsaturated/α-hetero) is 2. The van der Waals surface area contributed by atoms with E-state index in [9.17, 15) is 18.4 Å². The molecule has 25 heavy (non-hydrogen) atoms. The molecule has 0 aliphatic rings. The van der Waals surface area contributed by atoms with E-state index in [2.05, 4.69) is 25.9 Å². The summed E-state index contributed by atoms with van der Waals surface area (Å²) in [5.74, 6) is -1.98. The molecule has 134 valence electrons. The van der Waals surface area contributed by atoms with Crippen molar-refractivity contribution >= 4 is 51.0 Å². The second-order valence-corrected chi connectivity index (χ2v) is 6.71. The zero-order chi connectivity index (χ0) is 19.0. The summed E-state index contributed by atoms with van der Waals surface area (Å²) in [6.45, 7) is 1.32. The molecule has 0 unspecified atom stereocenters. The molecule has 2 aromatic heterocycles. The Balaban J connectivity index is 0.000000251. The maximum absolute atomic E-state index is 13.1. The maximum atomic E-state index is 13.1. The molecular weight excluding hydrogens is 434 g/mol. The molecule has 0 bridgehead atoms. The summed E-state index contributed by atoms with van der Waals surface area (Å²) >= 11 is 5.65. The number of pyridine rings is 2. The Hall–Kier alpha value is -1.32. The lowest BCUT2D eigenvalue weighted by Gasteiger charge is -2.00. The fourth-order valence-electron chi connectivity index (χ4n) is 1.61. The first-order valence-corrected chi connectivity index (χ1v) is 10.4. The minimum atomic E-state index is -0.698. The average molecular weight is 449 g/mol. The van der Waals surface area contributed by atoms with E-state index in [1.165, 1.54) is 42.6 Å². The van der Waals surface area contributed by atoms with Crippen molar-refractivity contribution in [1.29, 1.82) is 0 Å². The molecule has 0 N–H and O–H groups in total. The van der Waals surface area contributed by atoms with Crippen molar-refractivity contribution in [3.63, 3.8) is 0 Å². The van der Waals surface area contributed by atoms with Gasteiger partial charge in [0, 0.05) is 0 Å². The summed E-state index contributed by atoms with van der Waals surface area (Å²) in [6, 6.07) is 6.17. The van der Waals surface area contributed by atoms with Gasteiger partial charge in [-0.2, -0.15) is 8.78 Å². The number of alkyl halides is 1. The summed E-state index contributed by atoms with van der Waals surface area (Å²) in [7, 11) is 0. The van der Waals surface area contributed by atoms with Crippen LogP contribution in [0.5, 0.6) is 0 Å². The van der Waals surface area contributed by atoms with Gasteiger partial charge in [0.15, 0.2) is 11.6 Å². The van der Waals surface area contributed by atoms with Gasteiger partial charge in [0.25, 0.3) is 0 Å². The minimum Gasteiger partial charge on any atom is -0.294 e. The predicted octanol–water partition coefficient (Wildman–Crippen LogP) is 4.67. The Bertz CT molecular complexity index is 776. The number of nitrogens with zero attached hydrogens (tertiary/aromatic N) is 2. The van der Waals surface area contributed by atoms with Gasteiger partial charge in [-0.05, 0) is 43.7 Å². The number of hydrogen-bond acceptors (Lipinski definition) is 6. The third-order valence-corrected chi connectivity index (χ3v) is 4.67. The van der Waals surface area contributed by atoms with Gasteiger partial charge in [0.1, 0.15) is 0 Å². The van der Waals surface area contributed by atoms with Crippen LogP contribution in [-0.2, 0) is 0 Å². The van der Waals surface area contributed by atoms with Crippen LogP contribution in [0, 0.1) is 11.9 Å². The van der Waals surface area contributed by atoms with E-state index in [0.29, 0.717) is 10.1 Å². The van der Waals surface area contributed by atoms with E-state index in [4.69, 9.17) is 0 Å². The van der Waals surface area contributed by atoms with Crippen molar-refractivity contribution in [2.45, 2.75) is 17.0 Å². The Morgan fingerprint density at radius 2 is 1.40 bits per heavy atom. The van der Waals surface area contributed by atoms with Crippen LogP contribution in [0.4, 0.5) is 8.78 Å². The largest absolute Gasteiger partial charge is 0.294 e. The van der Waals surface area contributed by atoms with Crippen molar-refractivity contribution in [3.8, 4) is 0 Å². The third-order valence-electron chi connectivity index (χ3n) is 2.87. The van der Waals surface area contributed by atoms with Gasteiger partial charge < -0.3 is 0 Å². The molecule has 4 nitrogen and oxygen atoms in total. The summed E-state index contributed by atoms with van der Waals surface area (Å²) < 4.78 is 26.1. The summed E-state index contributed by atoms with van der Waals surface area (Å²) in [4.78, 5) is 29.1. The zero-order valence-electron chi connectivity index (χ0n) is 13.7. The monoisotopic (exact) mass is 448 g/mol. The van der Waals surface area contributed by atoms with E-state index in [1.54, 1.807) is 24.6 Å². The number of rotatable bonds is 5. The molecule has 2 rings (SSSR count). The van der Waals surface area contributed by atoms with Crippen LogP contribution in [0.1, 0.15) is 27.6 Å². The van der Waals surface area contributed by atoms with Gasteiger partial charge in [-0.15, -0.1) is 23.5 Å². The molecule has 0 aliphatic carbocycles. The highest BCUT2D eigenvalue weighted by molar-refractivity contribution is 9.09. The Morgan fingerprint density at radius 1 is 0.960 bits per heavy atom. The summed E-state index contributed by atoms with van der Waals surface area (Å²) in [6.07, 6.45) is 3.60. The van der Waals surface area contributed by atoms with E-state index in [1.807, 2.05) is 0 Å². The molecule has 0 amide bonds. The van der Waals surface area contributed by atoms with Crippen LogP contribution in [0.3, 0.4) is 0 Å². The van der Waals surface area contributed by atoms with Crippen molar-refractivity contribution < 1.29 is 18.4 Å². The normalized spacial score (nSPS) is 10.0. The van der Waals surface area contributed by atoms with Gasteiger partial charge in [-0.1, -0.05) is 15.9 Å². The average Bonchev–Trinajstić information content (AvgIpc) is 2.60. The van der Waals surface area contributed by atoms with Crippen molar-refractivity contribution in [2.75, 3.05) is 17.8 Å².